The molecule has 0 saturated carbocycles. The number of anilines is 2. The fraction of sp³-hybridized carbons (Fsp3) is 0.727. The molecule has 5 heteroatoms. The Kier molecular flexibility index (Phi) is 3.35. The van der Waals surface area contributed by atoms with Gasteiger partial charge in [0, 0.05) is 25.2 Å². The minimum atomic E-state index is 0.673. The fourth-order valence-electron chi connectivity index (χ4n) is 2.30. The summed E-state index contributed by atoms with van der Waals surface area (Å²) >= 11 is 1.50. The van der Waals surface area contributed by atoms with Crippen LogP contribution in [-0.2, 0) is 0 Å². The third-order valence-corrected chi connectivity index (χ3v) is 4.52. The lowest BCUT2D eigenvalue weighted by Crippen LogP contribution is -2.36. The molecular weight excluding hydrogens is 220 g/mol. The molecule has 1 saturated heterocycles. The average molecular weight is 240 g/mol. The first-order chi connectivity index (χ1) is 7.59. The molecule has 1 aromatic heterocycles. The van der Waals surface area contributed by atoms with E-state index < -0.39 is 0 Å². The monoisotopic (exact) mass is 240 g/mol. The van der Waals surface area contributed by atoms with Gasteiger partial charge in [0.25, 0.3) is 0 Å². The molecule has 16 heavy (non-hydrogen) atoms. The molecular formula is C11H20N4S. The van der Waals surface area contributed by atoms with Gasteiger partial charge in [0.15, 0.2) is 0 Å². The van der Waals surface area contributed by atoms with Crippen molar-refractivity contribution in [2.45, 2.75) is 25.8 Å². The third-order valence-electron chi connectivity index (χ3n) is 3.44. The molecule has 2 rings (SSSR count). The highest BCUT2D eigenvalue weighted by atomic mass is 32.1. The number of rotatable bonds is 3. The fourth-order valence-corrected chi connectivity index (χ4v) is 3.08. The minimum absolute atomic E-state index is 0.673. The summed E-state index contributed by atoms with van der Waals surface area (Å²) in [6.45, 7) is 4.34. The molecule has 1 aromatic rings. The molecule has 0 aromatic carbocycles. The molecule has 0 bridgehead atoms. The summed E-state index contributed by atoms with van der Waals surface area (Å²) in [5.41, 5.74) is 6.89. The van der Waals surface area contributed by atoms with Crippen molar-refractivity contribution in [3.63, 3.8) is 0 Å². The topological polar surface area (TPSA) is 45.4 Å². The van der Waals surface area contributed by atoms with E-state index in [2.05, 4.69) is 28.3 Å². The first-order valence-corrected chi connectivity index (χ1v) is 6.50. The molecule has 0 amide bonds. The number of aromatic nitrogens is 1. The Hall–Kier alpha value is -0.810. The van der Waals surface area contributed by atoms with Crippen LogP contribution in [0, 0.1) is 6.92 Å². The number of hydrogen-bond donors (Lipinski definition) is 1. The average Bonchev–Trinajstić information content (AvgIpc) is 2.77. The first kappa shape index (κ1) is 11.7. The van der Waals surface area contributed by atoms with Gasteiger partial charge in [0.2, 0.25) is 0 Å². The van der Waals surface area contributed by atoms with Gasteiger partial charge in [0.1, 0.15) is 10.8 Å². The zero-order valence-electron chi connectivity index (χ0n) is 10.2. The number of nitrogens with two attached hydrogens (primary N) is 1. The van der Waals surface area contributed by atoms with Crippen molar-refractivity contribution in [2.75, 3.05) is 37.8 Å². The molecule has 1 aliphatic heterocycles. The summed E-state index contributed by atoms with van der Waals surface area (Å²) < 4.78 is 4.20. The predicted octanol–water partition coefficient (Wildman–Crippen LogP) is 1.56. The molecule has 1 atom stereocenters. The maximum atomic E-state index is 5.78. The van der Waals surface area contributed by atoms with E-state index in [1.165, 1.54) is 35.9 Å². The van der Waals surface area contributed by atoms with E-state index in [0.29, 0.717) is 11.9 Å². The molecule has 4 nitrogen and oxygen atoms in total. The van der Waals surface area contributed by atoms with E-state index in [1.807, 2.05) is 6.92 Å². The molecule has 1 aliphatic rings. The summed E-state index contributed by atoms with van der Waals surface area (Å²) in [6, 6.07) is 0.674. The Morgan fingerprint density at radius 2 is 2.38 bits per heavy atom. The van der Waals surface area contributed by atoms with Crippen LogP contribution in [0.4, 0.5) is 10.8 Å². The molecule has 1 unspecified atom stereocenters. The van der Waals surface area contributed by atoms with Crippen LogP contribution in [0.1, 0.15) is 18.4 Å². The Morgan fingerprint density at radius 3 is 2.88 bits per heavy atom. The van der Waals surface area contributed by atoms with Gasteiger partial charge in [-0.25, -0.2) is 0 Å². The van der Waals surface area contributed by atoms with Crippen LogP contribution < -0.4 is 10.6 Å². The van der Waals surface area contributed by atoms with E-state index in [1.54, 1.807) is 0 Å². The Bertz CT molecular complexity index is 363. The second-order valence-corrected chi connectivity index (χ2v) is 5.41. The maximum Gasteiger partial charge on any atom is 0.142 e. The van der Waals surface area contributed by atoms with Crippen molar-refractivity contribution in [2.24, 2.45) is 0 Å². The zero-order valence-corrected chi connectivity index (χ0v) is 11.0. The normalized spacial score (nSPS) is 21.6. The highest BCUT2D eigenvalue weighted by molar-refractivity contribution is 7.10. The van der Waals surface area contributed by atoms with Crippen LogP contribution in [0.2, 0.25) is 0 Å². The van der Waals surface area contributed by atoms with Crippen LogP contribution in [0.3, 0.4) is 0 Å². The first-order valence-electron chi connectivity index (χ1n) is 5.72. The summed E-state index contributed by atoms with van der Waals surface area (Å²) in [6.07, 6.45) is 2.62. The van der Waals surface area contributed by atoms with Gasteiger partial charge in [-0.05, 0) is 44.9 Å². The molecule has 90 valence electrons. The van der Waals surface area contributed by atoms with E-state index in [4.69, 9.17) is 5.73 Å². The van der Waals surface area contributed by atoms with Crippen molar-refractivity contribution in [3.8, 4) is 0 Å². The second-order valence-electron chi connectivity index (χ2n) is 4.66. The number of hydrogen-bond acceptors (Lipinski definition) is 5. The largest absolute Gasteiger partial charge is 0.383 e. The molecule has 2 heterocycles. The minimum Gasteiger partial charge on any atom is -0.383 e. The molecule has 2 N–H and O–H groups in total. The van der Waals surface area contributed by atoms with Crippen molar-refractivity contribution >= 4 is 22.4 Å². The van der Waals surface area contributed by atoms with Gasteiger partial charge in [-0.15, -0.1) is 0 Å². The van der Waals surface area contributed by atoms with E-state index in [0.717, 1.165) is 12.1 Å². The van der Waals surface area contributed by atoms with Gasteiger partial charge in [-0.2, -0.15) is 4.37 Å². The molecule has 0 radical (unpaired) electrons. The van der Waals surface area contributed by atoms with E-state index >= 15 is 0 Å². The van der Waals surface area contributed by atoms with Gasteiger partial charge in [-0.3, -0.25) is 0 Å². The van der Waals surface area contributed by atoms with Gasteiger partial charge in [-0.1, -0.05) is 0 Å². The van der Waals surface area contributed by atoms with Crippen molar-refractivity contribution in [3.05, 3.63) is 5.56 Å². The highest BCUT2D eigenvalue weighted by Gasteiger charge is 2.23. The maximum absolute atomic E-state index is 5.78. The summed E-state index contributed by atoms with van der Waals surface area (Å²) in [5.74, 6) is 0.673. The lowest BCUT2D eigenvalue weighted by Gasteiger charge is -2.26. The third kappa shape index (κ3) is 2.15. The van der Waals surface area contributed by atoms with Crippen LogP contribution in [0.25, 0.3) is 0 Å². The molecule has 1 fully saturated rings. The second kappa shape index (κ2) is 4.59. The Balaban J connectivity index is 2.02. The van der Waals surface area contributed by atoms with Crippen molar-refractivity contribution < 1.29 is 0 Å². The van der Waals surface area contributed by atoms with Crippen LogP contribution in [-0.4, -0.2) is 42.5 Å². The smallest absolute Gasteiger partial charge is 0.142 e. The van der Waals surface area contributed by atoms with E-state index in [9.17, 15) is 0 Å². The predicted molar refractivity (Wildman–Crippen MR) is 70.2 cm³/mol. The lowest BCUT2D eigenvalue weighted by atomic mass is 10.2. The number of nitrogen functional groups attached to an aromatic ring is 1. The summed E-state index contributed by atoms with van der Waals surface area (Å²) in [7, 11) is 4.34. The summed E-state index contributed by atoms with van der Waals surface area (Å²) in [4.78, 5) is 4.73. The number of nitrogens with zero attached hydrogens (tertiary/aromatic N) is 3. The number of likely N-dealkylation sites (N-methyl/N-ethyl adjacent to an activating group) is 2. The van der Waals surface area contributed by atoms with Gasteiger partial charge >= 0.3 is 0 Å². The SMILES string of the molecule is Cc1c(N)nsc1N(C)CC1CCCN1C. The van der Waals surface area contributed by atoms with Gasteiger partial charge in [0.05, 0.1) is 0 Å². The van der Waals surface area contributed by atoms with Crippen molar-refractivity contribution in [1.29, 1.82) is 0 Å². The Labute approximate surface area is 101 Å². The highest BCUT2D eigenvalue weighted by Crippen LogP contribution is 2.29. The number of likely N-dealkylation sites (tertiary alicyclic amines) is 1. The zero-order chi connectivity index (χ0) is 11.7. The molecule has 0 spiro atoms. The standard InChI is InChI=1S/C11H20N4S/c1-8-10(12)13-16-11(8)15(3)7-9-5-4-6-14(9)2/h9H,4-7H2,1-3H3,(H2,12,13). The van der Waals surface area contributed by atoms with Crippen LogP contribution >= 0.6 is 11.5 Å². The van der Waals surface area contributed by atoms with Crippen LogP contribution in [0.15, 0.2) is 0 Å². The van der Waals surface area contributed by atoms with Gasteiger partial charge < -0.3 is 15.5 Å². The molecule has 0 aliphatic carbocycles. The Morgan fingerprint density at radius 1 is 1.62 bits per heavy atom. The van der Waals surface area contributed by atoms with Crippen molar-refractivity contribution in [1.82, 2.24) is 9.27 Å². The van der Waals surface area contributed by atoms with Crippen LogP contribution in [0.5, 0.6) is 0 Å². The van der Waals surface area contributed by atoms with E-state index in [-0.39, 0.29) is 0 Å². The quantitative estimate of drug-likeness (QED) is 0.871. The lowest BCUT2D eigenvalue weighted by molar-refractivity contribution is 0.314. The summed E-state index contributed by atoms with van der Waals surface area (Å²) in [5, 5.41) is 1.21.